The number of hydrogen-bond acceptors (Lipinski definition) is 4. The average Bonchev–Trinajstić information content (AvgIpc) is 2.66. The number of nitriles is 1. The van der Waals surface area contributed by atoms with Crippen LogP contribution in [-0.2, 0) is 6.54 Å². The summed E-state index contributed by atoms with van der Waals surface area (Å²) < 4.78 is 0. The van der Waals surface area contributed by atoms with Crippen molar-refractivity contribution in [2.75, 3.05) is 18.4 Å². The van der Waals surface area contributed by atoms with Gasteiger partial charge in [0.2, 0.25) is 0 Å². The molecule has 1 aliphatic rings. The summed E-state index contributed by atoms with van der Waals surface area (Å²) in [5.41, 5.74) is 3.11. The first-order valence-electron chi connectivity index (χ1n) is 8.46. The van der Waals surface area contributed by atoms with Crippen LogP contribution in [0.5, 0.6) is 0 Å². The van der Waals surface area contributed by atoms with Gasteiger partial charge in [0.15, 0.2) is 0 Å². The van der Waals surface area contributed by atoms with E-state index in [9.17, 15) is 9.90 Å². The Kier molecular flexibility index (Phi) is 5.32. The molecule has 1 fully saturated rings. The zero-order valence-electron chi connectivity index (χ0n) is 14.0. The predicted octanol–water partition coefficient (Wildman–Crippen LogP) is 2.77. The highest BCUT2D eigenvalue weighted by Gasteiger charge is 2.23. The molecule has 0 spiro atoms. The van der Waals surface area contributed by atoms with E-state index in [0.717, 1.165) is 24.1 Å². The Balaban J connectivity index is 1.66. The largest absolute Gasteiger partial charge is 0.391 e. The third-order valence-electron chi connectivity index (χ3n) is 4.35. The maximum atomic E-state index is 12.6. The molecule has 0 aliphatic carbocycles. The number of nitrogens with one attached hydrogen (secondary N) is 1. The van der Waals surface area contributed by atoms with Gasteiger partial charge >= 0.3 is 0 Å². The Bertz CT molecular complexity index is 798. The number of aliphatic hydroxyl groups excluding tert-OH is 1. The second kappa shape index (κ2) is 7.82. The summed E-state index contributed by atoms with van der Waals surface area (Å²) in [6.45, 7) is 1.67. The molecule has 1 saturated heterocycles. The van der Waals surface area contributed by atoms with Crippen LogP contribution in [0.1, 0.15) is 34.3 Å². The van der Waals surface area contributed by atoms with Gasteiger partial charge in [0.25, 0.3) is 5.91 Å². The fraction of sp³-hybridized carbons (Fsp3) is 0.300. The smallest absolute Gasteiger partial charge is 0.254 e. The molecule has 5 heteroatoms. The lowest BCUT2D eigenvalue weighted by atomic mass is 10.1. The van der Waals surface area contributed by atoms with Crippen molar-refractivity contribution in [2.45, 2.75) is 25.5 Å². The predicted molar refractivity (Wildman–Crippen MR) is 96.1 cm³/mol. The lowest BCUT2D eigenvalue weighted by molar-refractivity contribution is 0.0474. The molecule has 1 amide bonds. The molecule has 0 bridgehead atoms. The molecular formula is C20H21N3O2. The number of hydrogen-bond donors (Lipinski definition) is 2. The monoisotopic (exact) mass is 335 g/mol. The van der Waals surface area contributed by atoms with Crippen molar-refractivity contribution >= 4 is 11.6 Å². The number of β-amino-alcohol motifs (C(OH)–C–C–N with tert-alkyl or cyclic N) is 1. The summed E-state index contributed by atoms with van der Waals surface area (Å²) in [5.74, 6) is -0.0473. The van der Waals surface area contributed by atoms with Crippen LogP contribution in [-0.4, -0.2) is 35.1 Å². The summed E-state index contributed by atoms with van der Waals surface area (Å²) >= 11 is 0. The third kappa shape index (κ3) is 4.37. The Labute approximate surface area is 147 Å². The van der Waals surface area contributed by atoms with Gasteiger partial charge < -0.3 is 15.3 Å². The second-order valence-electron chi connectivity index (χ2n) is 6.29. The lowest BCUT2D eigenvalue weighted by Crippen LogP contribution is -2.42. The van der Waals surface area contributed by atoms with Crippen LogP contribution >= 0.6 is 0 Å². The Morgan fingerprint density at radius 1 is 1.28 bits per heavy atom. The molecule has 1 heterocycles. The molecule has 2 aromatic carbocycles. The number of amides is 1. The molecular weight excluding hydrogens is 314 g/mol. The van der Waals surface area contributed by atoms with E-state index >= 15 is 0 Å². The van der Waals surface area contributed by atoms with Crippen molar-refractivity contribution in [2.24, 2.45) is 0 Å². The van der Waals surface area contributed by atoms with Crippen molar-refractivity contribution < 1.29 is 9.90 Å². The summed E-state index contributed by atoms with van der Waals surface area (Å²) in [7, 11) is 0. The number of piperidine rings is 1. The Morgan fingerprint density at radius 3 is 2.92 bits per heavy atom. The van der Waals surface area contributed by atoms with Gasteiger partial charge in [0, 0.05) is 30.9 Å². The van der Waals surface area contributed by atoms with E-state index in [0.29, 0.717) is 30.8 Å². The first kappa shape index (κ1) is 17.0. The van der Waals surface area contributed by atoms with Crippen molar-refractivity contribution in [3.8, 4) is 6.07 Å². The lowest BCUT2D eigenvalue weighted by Gasteiger charge is -2.30. The van der Waals surface area contributed by atoms with Crippen molar-refractivity contribution in [3.63, 3.8) is 0 Å². The van der Waals surface area contributed by atoms with E-state index in [4.69, 9.17) is 5.26 Å². The minimum atomic E-state index is -0.425. The van der Waals surface area contributed by atoms with Crippen LogP contribution in [0.25, 0.3) is 0 Å². The molecule has 0 saturated carbocycles. The normalized spacial score (nSPS) is 17.0. The van der Waals surface area contributed by atoms with Crippen LogP contribution in [0.4, 0.5) is 5.69 Å². The highest BCUT2D eigenvalue weighted by Crippen LogP contribution is 2.17. The van der Waals surface area contributed by atoms with Crippen LogP contribution in [0, 0.1) is 11.3 Å². The molecule has 0 radical (unpaired) electrons. The number of likely N-dealkylation sites (tertiary alicyclic amines) is 1. The van der Waals surface area contributed by atoms with Gasteiger partial charge in [-0.3, -0.25) is 4.79 Å². The first-order chi connectivity index (χ1) is 12.2. The van der Waals surface area contributed by atoms with E-state index in [2.05, 4.69) is 11.4 Å². The number of benzene rings is 2. The van der Waals surface area contributed by atoms with E-state index in [1.54, 1.807) is 17.0 Å². The van der Waals surface area contributed by atoms with Gasteiger partial charge in [-0.15, -0.1) is 0 Å². The minimum Gasteiger partial charge on any atom is -0.391 e. The number of anilines is 1. The van der Waals surface area contributed by atoms with Crippen molar-refractivity contribution in [1.82, 2.24) is 4.90 Å². The van der Waals surface area contributed by atoms with Gasteiger partial charge in [-0.05, 0) is 48.7 Å². The summed E-state index contributed by atoms with van der Waals surface area (Å²) in [4.78, 5) is 14.3. The van der Waals surface area contributed by atoms with Gasteiger partial charge in [0.05, 0.1) is 17.7 Å². The number of nitrogens with zero attached hydrogens (tertiary/aromatic N) is 2. The molecule has 1 unspecified atom stereocenters. The molecule has 2 aromatic rings. The molecule has 128 valence electrons. The molecule has 3 rings (SSSR count). The highest BCUT2D eigenvalue weighted by molar-refractivity contribution is 5.95. The van der Waals surface area contributed by atoms with Crippen molar-refractivity contribution in [3.05, 3.63) is 65.2 Å². The number of carbonyl (C=O) groups is 1. The fourth-order valence-corrected chi connectivity index (χ4v) is 3.04. The van der Waals surface area contributed by atoms with Crippen LogP contribution in [0.15, 0.2) is 48.5 Å². The summed E-state index contributed by atoms with van der Waals surface area (Å²) in [6.07, 6.45) is 1.17. The molecule has 0 aromatic heterocycles. The zero-order chi connectivity index (χ0) is 17.6. The fourth-order valence-electron chi connectivity index (χ4n) is 3.04. The van der Waals surface area contributed by atoms with E-state index in [-0.39, 0.29) is 5.91 Å². The maximum absolute atomic E-state index is 12.6. The second-order valence-corrected chi connectivity index (χ2v) is 6.29. The highest BCUT2D eigenvalue weighted by atomic mass is 16.3. The van der Waals surface area contributed by atoms with Gasteiger partial charge in [-0.2, -0.15) is 5.26 Å². The van der Waals surface area contributed by atoms with Gasteiger partial charge in [-0.25, -0.2) is 0 Å². The number of carbonyl (C=O) groups excluding carboxylic acids is 1. The quantitative estimate of drug-likeness (QED) is 0.901. The third-order valence-corrected chi connectivity index (χ3v) is 4.35. The molecule has 5 nitrogen and oxygen atoms in total. The molecule has 25 heavy (non-hydrogen) atoms. The van der Waals surface area contributed by atoms with E-state index in [1.807, 2.05) is 36.4 Å². The van der Waals surface area contributed by atoms with Crippen LogP contribution in [0.2, 0.25) is 0 Å². The summed E-state index contributed by atoms with van der Waals surface area (Å²) in [6, 6.07) is 17.0. The Hall–Kier alpha value is -2.84. The zero-order valence-corrected chi connectivity index (χ0v) is 14.0. The number of aliphatic hydroxyl groups is 1. The molecule has 1 aliphatic heterocycles. The Morgan fingerprint density at radius 2 is 2.12 bits per heavy atom. The van der Waals surface area contributed by atoms with Crippen LogP contribution < -0.4 is 5.32 Å². The number of rotatable bonds is 4. The standard InChI is InChI=1S/C20H21N3O2/c21-12-15-4-1-5-16(10-15)13-22-18-7-2-6-17(11-18)20(25)23-9-3-8-19(24)14-23/h1-2,4-7,10-11,19,22,24H,3,8-9,13-14H2. The molecule has 2 N–H and O–H groups in total. The van der Waals surface area contributed by atoms with Gasteiger partial charge in [0.1, 0.15) is 0 Å². The first-order valence-corrected chi connectivity index (χ1v) is 8.46. The maximum Gasteiger partial charge on any atom is 0.254 e. The van der Waals surface area contributed by atoms with Crippen molar-refractivity contribution in [1.29, 1.82) is 5.26 Å². The van der Waals surface area contributed by atoms with Crippen LogP contribution in [0.3, 0.4) is 0 Å². The summed E-state index contributed by atoms with van der Waals surface area (Å²) in [5, 5.41) is 22.0. The topological polar surface area (TPSA) is 76.4 Å². The average molecular weight is 335 g/mol. The van der Waals surface area contributed by atoms with E-state index < -0.39 is 6.10 Å². The van der Waals surface area contributed by atoms with Gasteiger partial charge in [-0.1, -0.05) is 18.2 Å². The van der Waals surface area contributed by atoms with E-state index in [1.165, 1.54) is 0 Å². The SMILES string of the molecule is N#Cc1cccc(CNc2cccc(C(=O)N3CCCC(O)C3)c2)c1. The minimum absolute atomic E-state index is 0.0473. The molecule has 1 atom stereocenters.